The molecule has 1 aromatic rings. The van der Waals surface area contributed by atoms with Crippen LogP contribution in [0.5, 0.6) is 0 Å². The fourth-order valence-corrected chi connectivity index (χ4v) is 3.25. The van der Waals surface area contributed by atoms with Gasteiger partial charge in [-0.3, -0.25) is 4.90 Å². The Labute approximate surface area is 120 Å². The Hall–Kier alpha value is -0.905. The molecule has 0 bridgehead atoms. The van der Waals surface area contributed by atoms with Gasteiger partial charge in [-0.2, -0.15) is 0 Å². The molecule has 2 unspecified atom stereocenters. The van der Waals surface area contributed by atoms with Crippen molar-refractivity contribution in [3.05, 3.63) is 29.6 Å². The molecule has 2 N–H and O–H groups in total. The van der Waals surface area contributed by atoms with E-state index >= 15 is 0 Å². The van der Waals surface area contributed by atoms with Gasteiger partial charge >= 0.3 is 7.12 Å². The van der Waals surface area contributed by atoms with Crippen molar-refractivity contribution in [1.29, 1.82) is 0 Å². The van der Waals surface area contributed by atoms with Gasteiger partial charge in [0.2, 0.25) is 0 Å². The Morgan fingerprint density at radius 1 is 1.30 bits per heavy atom. The minimum Gasteiger partial charge on any atom is -0.423 e. The maximum atomic E-state index is 13.4. The zero-order chi connectivity index (χ0) is 14.7. The van der Waals surface area contributed by atoms with Crippen molar-refractivity contribution in [1.82, 2.24) is 4.90 Å². The molecule has 20 heavy (non-hydrogen) atoms. The maximum Gasteiger partial charge on any atom is 0.491 e. The third kappa shape index (κ3) is 3.60. The van der Waals surface area contributed by atoms with Gasteiger partial charge in [0, 0.05) is 18.0 Å². The Bertz CT molecular complexity index is 455. The average Bonchev–Trinajstić information content (AvgIpc) is 2.41. The van der Waals surface area contributed by atoms with Gasteiger partial charge < -0.3 is 10.0 Å². The molecule has 0 aromatic heterocycles. The molecule has 2 rings (SSSR count). The van der Waals surface area contributed by atoms with Crippen LogP contribution in [0.25, 0.3) is 0 Å². The maximum absolute atomic E-state index is 13.4. The molecular weight excluding hydrogens is 256 g/mol. The van der Waals surface area contributed by atoms with Gasteiger partial charge in [0.1, 0.15) is 5.82 Å². The highest BCUT2D eigenvalue weighted by Crippen LogP contribution is 2.28. The summed E-state index contributed by atoms with van der Waals surface area (Å²) in [7, 11) is 0.333. The van der Waals surface area contributed by atoms with Crippen molar-refractivity contribution in [2.75, 3.05) is 7.05 Å². The summed E-state index contributed by atoms with van der Waals surface area (Å²) < 4.78 is 13.4. The highest BCUT2D eigenvalue weighted by molar-refractivity contribution is 6.58. The van der Waals surface area contributed by atoms with Gasteiger partial charge in [0.05, 0.1) is 0 Å². The zero-order valence-electron chi connectivity index (χ0n) is 12.2. The largest absolute Gasteiger partial charge is 0.491 e. The highest BCUT2D eigenvalue weighted by Gasteiger charge is 2.25. The predicted octanol–water partition coefficient (Wildman–Crippen LogP) is 1.52. The van der Waals surface area contributed by atoms with E-state index in [0.717, 1.165) is 5.56 Å². The molecule has 0 heterocycles. The van der Waals surface area contributed by atoms with E-state index in [4.69, 9.17) is 10.0 Å². The van der Waals surface area contributed by atoms with Gasteiger partial charge in [0.25, 0.3) is 0 Å². The summed E-state index contributed by atoms with van der Waals surface area (Å²) in [6.07, 6.45) is 5.04. The molecule has 0 aliphatic heterocycles. The van der Waals surface area contributed by atoms with Crippen LogP contribution in [0.2, 0.25) is 0 Å². The number of hydrogen-bond donors (Lipinski definition) is 2. The van der Waals surface area contributed by atoms with Crippen LogP contribution in [-0.2, 0) is 6.54 Å². The molecule has 1 saturated carbocycles. The first-order chi connectivity index (χ1) is 9.49. The zero-order valence-corrected chi connectivity index (χ0v) is 12.2. The van der Waals surface area contributed by atoms with Crippen LogP contribution in [0.3, 0.4) is 0 Å². The van der Waals surface area contributed by atoms with Crippen LogP contribution < -0.4 is 5.46 Å². The van der Waals surface area contributed by atoms with Gasteiger partial charge in [-0.15, -0.1) is 0 Å². The Morgan fingerprint density at radius 2 is 2.00 bits per heavy atom. The number of hydrogen-bond acceptors (Lipinski definition) is 3. The van der Waals surface area contributed by atoms with Crippen LogP contribution >= 0.6 is 0 Å². The van der Waals surface area contributed by atoms with Crippen LogP contribution in [0.15, 0.2) is 18.2 Å². The van der Waals surface area contributed by atoms with Crippen LogP contribution in [0.4, 0.5) is 4.39 Å². The van der Waals surface area contributed by atoms with Crippen molar-refractivity contribution in [3.63, 3.8) is 0 Å². The lowest BCUT2D eigenvalue weighted by Crippen LogP contribution is -2.39. The number of halogens is 1. The van der Waals surface area contributed by atoms with Crippen molar-refractivity contribution in [2.45, 2.75) is 45.2 Å². The number of benzene rings is 1. The van der Waals surface area contributed by atoms with Gasteiger partial charge in [-0.25, -0.2) is 4.39 Å². The Morgan fingerprint density at radius 3 is 2.65 bits per heavy atom. The van der Waals surface area contributed by atoms with Gasteiger partial charge in [-0.1, -0.05) is 31.9 Å². The Kier molecular flexibility index (Phi) is 5.19. The highest BCUT2D eigenvalue weighted by atomic mass is 19.1. The summed E-state index contributed by atoms with van der Waals surface area (Å²) in [5.74, 6) is 0.106. The van der Waals surface area contributed by atoms with E-state index in [1.165, 1.54) is 31.7 Å². The topological polar surface area (TPSA) is 43.7 Å². The van der Waals surface area contributed by atoms with Crippen LogP contribution in [-0.4, -0.2) is 35.2 Å². The van der Waals surface area contributed by atoms with E-state index in [0.29, 0.717) is 18.5 Å². The monoisotopic (exact) mass is 279 g/mol. The molecule has 1 aliphatic carbocycles. The quantitative estimate of drug-likeness (QED) is 0.821. The number of rotatable bonds is 4. The molecule has 5 heteroatoms. The molecule has 1 fully saturated rings. The molecule has 2 atom stereocenters. The average molecular weight is 279 g/mol. The second-order valence-corrected chi connectivity index (χ2v) is 5.97. The molecule has 110 valence electrons. The van der Waals surface area contributed by atoms with E-state index in [-0.39, 0.29) is 5.46 Å². The lowest BCUT2D eigenvalue weighted by Gasteiger charge is -2.36. The molecule has 1 aromatic carbocycles. The lowest BCUT2D eigenvalue weighted by molar-refractivity contribution is 0.133. The summed E-state index contributed by atoms with van der Waals surface area (Å²) in [6.45, 7) is 2.99. The minimum absolute atomic E-state index is 0.0485. The van der Waals surface area contributed by atoms with Crippen molar-refractivity contribution >= 4 is 12.6 Å². The van der Waals surface area contributed by atoms with E-state index in [1.54, 1.807) is 12.1 Å². The first kappa shape index (κ1) is 15.5. The van der Waals surface area contributed by atoms with Crippen LogP contribution in [0, 0.1) is 11.7 Å². The van der Waals surface area contributed by atoms with E-state index in [9.17, 15) is 4.39 Å². The van der Waals surface area contributed by atoms with E-state index < -0.39 is 12.9 Å². The molecular formula is C15H23BFNO2. The van der Waals surface area contributed by atoms with Gasteiger partial charge in [0.15, 0.2) is 0 Å². The van der Waals surface area contributed by atoms with Crippen LogP contribution in [0.1, 0.15) is 38.2 Å². The smallest absolute Gasteiger partial charge is 0.423 e. The molecule has 3 nitrogen and oxygen atoms in total. The second kappa shape index (κ2) is 6.70. The first-order valence-electron chi connectivity index (χ1n) is 7.33. The standard InChI is InChI=1S/C15H23BFNO2/c1-11-5-3-4-6-15(11)18(2)10-12-7-8-14(17)13(9-12)16(19)20/h7-9,11,15,19-20H,3-6,10H2,1-2H3. The summed E-state index contributed by atoms with van der Waals surface area (Å²) in [5.41, 5.74) is 0.863. The Balaban J connectivity index is 2.07. The fourth-order valence-electron chi connectivity index (χ4n) is 3.25. The summed E-state index contributed by atoms with van der Waals surface area (Å²) in [6, 6.07) is 5.12. The minimum atomic E-state index is -1.76. The predicted molar refractivity (Wildman–Crippen MR) is 79.1 cm³/mol. The fraction of sp³-hybridized carbons (Fsp3) is 0.600. The third-order valence-corrected chi connectivity index (χ3v) is 4.40. The van der Waals surface area contributed by atoms with Crippen molar-refractivity contribution < 1.29 is 14.4 Å². The normalized spacial score (nSPS) is 23.1. The van der Waals surface area contributed by atoms with E-state index in [2.05, 4.69) is 18.9 Å². The molecule has 0 radical (unpaired) electrons. The third-order valence-electron chi connectivity index (χ3n) is 4.40. The lowest BCUT2D eigenvalue weighted by atomic mass is 9.79. The summed E-state index contributed by atoms with van der Waals surface area (Å²) in [5, 5.41) is 18.3. The van der Waals surface area contributed by atoms with E-state index in [1.807, 2.05) is 0 Å². The summed E-state index contributed by atoms with van der Waals surface area (Å²) in [4.78, 5) is 2.30. The SMILES string of the molecule is CC1CCCCC1N(C)Cc1ccc(F)c(B(O)O)c1. The molecule has 0 saturated heterocycles. The van der Waals surface area contributed by atoms with Crippen molar-refractivity contribution in [3.8, 4) is 0 Å². The van der Waals surface area contributed by atoms with Gasteiger partial charge in [-0.05, 0) is 37.4 Å². The summed E-state index contributed by atoms with van der Waals surface area (Å²) >= 11 is 0. The second-order valence-electron chi connectivity index (χ2n) is 5.97. The first-order valence-corrected chi connectivity index (χ1v) is 7.33. The molecule has 0 amide bonds. The van der Waals surface area contributed by atoms with Crippen molar-refractivity contribution in [2.24, 2.45) is 5.92 Å². The number of nitrogens with zero attached hydrogens (tertiary/aromatic N) is 1. The molecule has 1 aliphatic rings. The molecule has 0 spiro atoms.